The van der Waals surface area contributed by atoms with Gasteiger partial charge >= 0.3 is 0 Å². The normalized spacial score (nSPS) is 12.0. The van der Waals surface area contributed by atoms with Gasteiger partial charge in [-0.25, -0.2) is 0 Å². The number of nitrogens with zero attached hydrogens (tertiary/aromatic N) is 2. The zero-order chi connectivity index (χ0) is 19.1. The summed E-state index contributed by atoms with van der Waals surface area (Å²) >= 11 is 0. The molecule has 0 bridgehead atoms. The highest BCUT2D eigenvalue weighted by Crippen LogP contribution is 2.22. The molecular formula is C20H27N3O3. The topological polar surface area (TPSA) is 75.4 Å². The van der Waals surface area contributed by atoms with Crippen molar-refractivity contribution in [2.75, 3.05) is 18.4 Å². The predicted molar refractivity (Wildman–Crippen MR) is 101 cm³/mol. The first-order valence-corrected chi connectivity index (χ1v) is 8.97. The third-order valence-electron chi connectivity index (χ3n) is 4.04. The Hall–Kier alpha value is -2.63. The van der Waals surface area contributed by atoms with Crippen LogP contribution in [0.2, 0.25) is 0 Å². The van der Waals surface area contributed by atoms with Crippen molar-refractivity contribution >= 4 is 17.6 Å². The Labute approximate surface area is 154 Å². The molecule has 0 aliphatic heterocycles. The molecule has 0 aliphatic rings. The van der Waals surface area contributed by atoms with Crippen LogP contribution in [0.1, 0.15) is 44.4 Å². The fourth-order valence-electron chi connectivity index (χ4n) is 2.91. The van der Waals surface area contributed by atoms with Crippen LogP contribution in [0, 0.1) is 12.8 Å². The van der Waals surface area contributed by atoms with E-state index in [1.807, 2.05) is 51.1 Å². The van der Waals surface area contributed by atoms with Crippen LogP contribution < -0.4 is 5.32 Å². The molecule has 1 atom stereocenters. The number of anilines is 1. The summed E-state index contributed by atoms with van der Waals surface area (Å²) in [5.74, 6) is 0.672. The monoisotopic (exact) mass is 357 g/mol. The molecule has 0 aliphatic carbocycles. The van der Waals surface area contributed by atoms with Crippen LogP contribution in [-0.4, -0.2) is 35.0 Å². The number of aromatic nitrogens is 1. The van der Waals surface area contributed by atoms with Crippen LogP contribution in [0.4, 0.5) is 5.82 Å². The van der Waals surface area contributed by atoms with E-state index in [0.717, 1.165) is 5.56 Å². The molecule has 2 amide bonds. The minimum atomic E-state index is -0.282. The van der Waals surface area contributed by atoms with E-state index in [1.54, 1.807) is 17.9 Å². The summed E-state index contributed by atoms with van der Waals surface area (Å²) in [5, 5.41) is 6.44. The molecule has 0 radical (unpaired) electrons. The molecule has 1 aromatic heterocycles. The fourth-order valence-corrected chi connectivity index (χ4v) is 2.91. The number of amides is 2. The van der Waals surface area contributed by atoms with Crippen molar-refractivity contribution in [3.63, 3.8) is 0 Å². The lowest BCUT2D eigenvalue weighted by atomic mass is 9.94. The first kappa shape index (κ1) is 19.7. The van der Waals surface area contributed by atoms with E-state index >= 15 is 0 Å². The zero-order valence-electron chi connectivity index (χ0n) is 15.9. The minimum absolute atomic E-state index is 0.00768. The fraction of sp³-hybridized carbons (Fsp3) is 0.450. The van der Waals surface area contributed by atoms with Gasteiger partial charge in [-0.1, -0.05) is 56.3 Å². The van der Waals surface area contributed by atoms with Gasteiger partial charge in [0.2, 0.25) is 11.8 Å². The Morgan fingerprint density at radius 1 is 1.23 bits per heavy atom. The highest BCUT2D eigenvalue weighted by atomic mass is 16.5. The summed E-state index contributed by atoms with van der Waals surface area (Å²) in [7, 11) is 0. The van der Waals surface area contributed by atoms with Crippen LogP contribution in [0.5, 0.6) is 0 Å². The largest absolute Gasteiger partial charge is 0.360 e. The number of nitrogens with one attached hydrogen (secondary N) is 1. The van der Waals surface area contributed by atoms with Crippen LogP contribution in [0.15, 0.2) is 40.9 Å². The third-order valence-corrected chi connectivity index (χ3v) is 4.04. The third kappa shape index (κ3) is 5.44. The molecule has 0 saturated carbocycles. The van der Waals surface area contributed by atoms with Crippen molar-refractivity contribution < 1.29 is 14.1 Å². The lowest BCUT2D eigenvalue weighted by molar-refractivity contribution is -0.136. The lowest BCUT2D eigenvalue weighted by Gasteiger charge is -2.28. The van der Waals surface area contributed by atoms with Gasteiger partial charge in [-0.15, -0.1) is 0 Å². The maximum Gasteiger partial charge on any atom is 0.245 e. The highest BCUT2D eigenvalue weighted by molar-refractivity contribution is 5.95. The standard InChI is InChI=1S/C20H27N3O3/c1-5-17(16-9-7-6-8-10-16)20(25)23(12-14(2)3)13-19(24)21-18-11-15(4)26-22-18/h6-11,14,17H,5,12-13H2,1-4H3,(H,21,22,24)/t17-/m1/s1. The average molecular weight is 357 g/mol. The van der Waals surface area contributed by atoms with Gasteiger partial charge in [0.05, 0.1) is 12.5 Å². The molecule has 140 valence electrons. The van der Waals surface area contributed by atoms with E-state index < -0.39 is 0 Å². The summed E-state index contributed by atoms with van der Waals surface area (Å²) in [5.41, 5.74) is 0.973. The van der Waals surface area contributed by atoms with Gasteiger partial charge in [-0.2, -0.15) is 0 Å². The van der Waals surface area contributed by atoms with Crippen LogP contribution in [0.3, 0.4) is 0 Å². The van der Waals surface area contributed by atoms with Gasteiger partial charge in [0, 0.05) is 12.6 Å². The van der Waals surface area contributed by atoms with Crippen molar-refractivity contribution in [3.05, 3.63) is 47.7 Å². The predicted octanol–water partition coefficient (Wildman–Crippen LogP) is 3.60. The number of benzene rings is 1. The number of aryl methyl sites for hydroxylation is 1. The van der Waals surface area contributed by atoms with Crippen LogP contribution in [-0.2, 0) is 9.59 Å². The van der Waals surface area contributed by atoms with Crippen LogP contribution >= 0.6 is 0 Å². The summed E-state index contributed by atoms with van der Waals surface area (Å²) in [6.45, 7) is 8.31. The number of carbonyl (C=O) groups excluding carboxylic acids is 2. The Kier molecular flexibility index (Phi) is 6.95. The molecule has 0 spiro atoms. The quantitative estimate of drug-likeness (QED) is 0.783. The second kappa shape index (κ2) is 9.17. The van der Waals surface area contributed by atoms with Gasteiger partial charge in [0.15, 0.2) is 5.82 Å². The molecule has 6 heteroatoms. The SMILES string of the molecule is CC[C@@H](C(=O)N(CC(=O)Nc1cc(C)on1)CC(C)C)c1ccccc1. The maximum absolute atomic E-state index is 13.1. The van der Waals surface area contributed by atoms with Crippen molar-refractivity contribution in [1.29, 1.82) is 0 Å². The van der Waals surface area contributed by atoms with Gasteiger partial charge in [0.25, 0.3) is 0 Å². The first-order chi connectivity index (χ1) is 12.4. The molecule has 2 aromatic rings. The van der Waals surface area contributed by atoms with E-state index in [-0.39, 0.29) is 30.2 Å². The number of carbonyl (C=O) groups is 2. The van der Waals surface area contributed by atoms with Crippen molar-refractivity contribution in [2.24, 2.45) is 5.92 Å². The summed E-state index contributed by atoms with van der Waals surface area (Å²) < 4.78 is 4.95. The molecule has 1 N–H and O–H groups in total. The maximum atomic E-state index is 13.1. The molecule has 0 unspecified atom stereocenters. The Balaban J connectivity index is 2.11. The molecule has 6 nitrogen and oxygen atoms in total. The summed E-state index contributed by atoms with van der Waals surface area (Å²) in [6.07, 6.45) is 0.682. The lowest BCUT2D eigenvalue weighted by Crippen LogP contribution is -2.42. The van der Waals surface area contributed by atoms with Gasteiger partial charge in [-0.05, 0) is 24.8 Å². The Morgan fingerprint density at radius 3 is 2.46 bits per heavy atom. The number of rotatable bonds is 8. The number of hydrogen-bond acceptors (Lipinski definition) is 4. The molecule has 0 saturated heterocycles. The van der Waals surface area contributed by atoms with Crippen molar-refractivity contribution in [1.82, 2.24) is 10.1 Å². The van der Waals surface area contributed by atoms with E-state index in [4.69, 9.17) is 4.52 Å². The molecule has 1 aromatic carbocycles. The second-order valence-electron chi connectivity index (χ2n) is 6.86. The zero-order valence-corrected chi connectivity index (χ0v) is 15.9. The molecule has 26 heavy (non-hydrogen) atoms. The second-order valence-corrected chi connectivity index (χ2v) is 6.86. The smallest absolute Gasteiger partial charge is 0.245 e. The van der Waals surface area contributed by atoms with Gasteiger partial charge in [-0.3, -0.25) is 9.59 Å². The van der Waals surface area contributed by atoms with Crippen molar-refractivity contribution in [2.45, 2.75) is 40.0 Å². The van der Waals surface area contributed by atoms with Crippen LogP contribution in [0.25, 0.3) is 0 Å². The van der Waals surface area contributed by atoms with E-state index in [0.29, 0.717) is 24.5 Å². The van der Waals surface area contributed by atoms with Crippen molar-refractivity contribution in [3.8, 4) is 0 Å². The first-order valence-electron chi connectivity index (χ1n) is 8.97. The van der Waals surface area contributed by atoms with E-state index in [9.17, 15) is 9.59 Å². The average Bonchev–Trinajstić information content (AvgIpc) is 3.00. The minimum Gasteiger partial charge on any atom is -0.360 e. The molecule has 1 heterocycles. The molecule has 2 rings (SSSR count). The van der Waals surface area contributed by atoms with E-state index in [2.05, 4.69) is 10.5 Å². The van der Waals surface area contributed by atoms with Gasteiger partial charge < -0.3 is 14.7 Å². The van der Waals surface area contributed by atoms with E-state index in [1.165, 1.54) is 0 Å². The molecule has 0 fully saturated rings. The summed E-state index contributed by atoms with van der Waals surface area (Å²) in [4.78, 5) is 27.1. The van der Waals surface area contributed by atoms with Gasteiger partial charge in [0.1, 0.15) is 5.76 Å². The Morgan fingerprint density at radius 2 is 1.92 bits per heavy atom. The highest BCUT2D eigenvalue weighted by Gasteiger charge is 2.26. The number of hydrogen-bond donors (Lipinski definition) is 1. The molecular weight excluding hydrogens is 330 g/mol. The summed E-state index contributed by atoms with van der Waals surface area (Å²) in [6, 6.07) is 11.3. The Bertz CT molecular complexity index is 725.